The second kappa shape index (κ2) is 5.51. The van der Waals surface area contributed by atoms with Gasteiger partial charge in [-0.05, 0) is 12.0 Å². The molecule has 1 rings (SSSR count). The molecule has 0 fully saturated rings. The van der Waals surface area contributed by atoms with E-state index in [0.29, 0.717) is 6.54 Å². The zero-order valence-electron chi connectivity index (χ0n) is 9.59. The Morgan fingerprint density at radius 2 is 1.76 bits per heavy atom. The summed E-state index contributed by atoms with van der Waals surface area (Å²) in [7, 11) is 0. The summed E-state index contributed by atoms with van der Waals surface area (Å²) in [5.41, 5.74) is -1.77. The van der Waals surface area contributed by atoms with Gasteiger partial charge in [0.1, 0.15) is 0 Å². The molecule has 0 spiro atoms. The van der Waals surface area contributed by atoms with Crippen LogP contribution in [0.25, 0.3) is 0 Å². The van der Waals surface area contributed by atoms with Gasteiger partial charge in [0.15, 0.2) is 5.60 Å². The minimum Gasteiger partial charge on any atom is -0.379 e. The molecule has 0 amide bonds. The van der Waals surface area contributed by atoms with Crippen LogP contribution < -0.4 is 5.32 Å². The first-order chi connectivity index (χ1) is 7.89. The molecule has 1 atom stereocenters. The molecule has 0 saturated heterocycles. The molecule has 0 aliphatic carbocycles. The number of aliphatic hydroxyl groups is 1. The average molecular weight is 247 g/mol. The summed E-state index contributed by atoms with van der Waals surface area (Å²) in [6.45, 7) is 1.12. The van der Waals surface area contributed by atoms with Gasteiger partial charge in [-0.3, -0.25) is 0 Å². The molecule has 0 saturated carbocycles. The van der Waals surface area contributed by atoms with E-state index in [1.807, 2.05) is 30.3 Å². The molecule has 0 heterocycles. The van der Waals surface area contributed by atoms with Crippen LogP contribution in [0.5, 0.6) is 0 Å². The van der Waals surface area contributed by atoms with Crippen LogP contribution in [0.15, 0.2) is 30.3 Å². The third kappa shape index (κ3) is 3.71. The number of hydrogen-bond acceptors (Lipinski definition) is 2. The molecule has 1 aromatic carbocycles. The van der Waals surface area contributed by atoms with E-state index in [1.54, 1.807) is 0 Å². The van der Waals surface area contributed by atoms with Crippen molar-refractivity contribution >= 4 is 0 Å². The number of rotatable bonds is 5. The van der Waals surface area contributed by atoms with Gasteiger partial charge in [0, 0.05) is 13.1 Å². The minimum absolute atomic E-state index is 0.305. The van der Waals surface area contributed by atoms with Crippen LogP contribution in [0, 0.1) is 0 Å². The Bertz CT molecular complexity index is 339. The molecule has 0 aromatic heterocycles. The second-order valence-electron chi connectivity index (χ2n) is 3.97. The van der Waals surface area contributed by atoms with E-state index in [-0.39, 0.29) is 6.42 Å². The molecule has 2 nitrogen and oxygen atoms in total. The third-order valence-corrected chi connectivity index (χ3v) is 2.70. The molecule has 0 radical (unpaired) electrons. The number of benzene rings is 1. The van der Waals surface area contributed by atoms with Crippen LogP contribution in [-0.2, 0) is 6.54 Å². The van der Waals surface area contributed by atoms with Crippen LogP contribution in [0.1, 0.15) is 18.9 Å². The van der Waals surface area contributed by atoms with E-state index in [0.717, 1.165) is 5.56 Å². The van der Waals surface area contributed by atoms with Crippen molar-refractivity contribution in [1.82, 2.24) is 5.32 Å². The van der Waals surface area contributed by atoms with Crippen molar-refractivity contribution in [2.45, 2.75) is 31.7 Å². The fourth-order valence-corrected chi connectivity index (χ4v) is 1.44. The van der Waals surface area contributed by atoms with Gasteiger partial charge in [-0.25, -0.2) is 0 Å². The lowest BCUT2D eigenvalue weighted by Gasteiger charge is -2.29. The van der Waals surface area contributed by atoms with Gasteiger partial charge in [0.05, 0.1) is 0 Å². The van der Waals surface area contributed by atoms with E-state index < -0.39 is 18.3 Å². The predicted octanol–water partition coefficient (Wildman–Crippen LogP) is 2.48. The number of hydrogen-bond donors (Lipinski definition) is 2. The summed E-state index contributed by atoms with van der Waals surface area (Å²) in [5, 5.41) is 12.1. The van der Waals surface area contributed by atoms with Gasteiger partial charge < -0.3 is 10.4 Å². The molecular formula is C12H16F3NO. The maximum atomic E-state index is 12.5. The first kappa shape index (κ1) is 14.0. The summed E-state index contributed by atoms with van der Waals surface area (Å²) in [6, 6.07) is 9.08. The topological polar surface area (TPSA) is 32.3 Å². The van der Waals surface area contributed by atoms with Crippen molar-refractivity contribution < 1.29 is 18.3 Å². The Labute approximate surface area is 98.5 Å². The normalized spacial score (nSPS) is 15.6. The van der Waals surface area contributed by atoms with Crippen molar-refractivity contribution in [1.29, 1.82) is 0 Å². The Kier molecular flexibility index (Phi) is 4.54. The summed E-state index contributed by atoms with van der Waals surface area (Å²) < 4.78 is 37.6. The smallest absolute Gasteiger partial charge is 0.379 e. The molecule has 0 bridgehead atoms. The third-order valence-electron chi connectivity index (χ3n) is 2.70. The number of alkyl halides is 3. The summed E-state index contributed by atoms with van der Waals surface area (Å²) in [4.78, 5) is 0. The van der Waals surface area contributed by atoms with E-state index >= 15 is 0 Å². The lowest BCUT2D eigenvalue weighted by atomic mass is 10.00. The van der Waals surface area contributed by atoms with E-state index in [2.05, 4.69) is 5.32 Å². The van der Waals surface area contributed by atoms with Crippen molar-refractivity contribution in [2.24, 2.45) is 0 Å². The van der Waals surface area contributed by atoms with Crippen molar-refractivity contribution in [3.63, 3.8) is 0 Å². The Hall–Kier alpha value is -1.07. The first-order valence-electron chi connectivity index (χ1n) is 5.43. The number of nitrogens with one attached hydrogen (secondary N) is 1. The van der Waals surface area contributed by atoms with E-state index in [4.69, 9.17) is 0 Å². The van der Waals surface area contributed by atoms with Gasteiger partial charge in [-0.1, -0.05) is 37.3 Å². The summed E-state index contributed by atoms with van der Waals surface area (Å²) >= 11 is 0. The maximum Gasteiger partial charge on any atom is 0.418 e. The quantitative estimate of drug-likeness (QED) is 0.837. The summed E-state index contributed by atoms with van der Waals surface area (Å²) in [6.07, 6.45) is -4.97. The molecule has 2 N–H and O–H groups in total. The molecule has 0 aliphatic heterocycles. The molecular weight excluding hydrogens is 231 g/mol. The highest BCUT2D eigenvalue weighted by Crippen LogP contribution is 2.32. The zero-order valence-corrected chi connectivity index (χ0v) is 9.59. The predicted molar refractivity (Wildman–Crippen MR) is 59.4 cm³/mol. The SMILES string of the molecule is CC[C@](O)(CNCc1ccccc1)C(F)(F)F. The largest absolute Gasteiger partial charge is 0.418 e. The number of halogens is 3. The lowest BCUT2D eigenvalue weighted by molar-refractivity contribution is -0.258. The Morgan fingerprint density at radius 3 is 2.24 bits per heavy atom. The van der Waals surface area contributed by atoms with Crippen LogP contribution in [0.3, 0.4) is 0 Å². The minimum atomic E-state index is -4.61. The lowest BCUT2D eigenvalue weighted by Crippen LogP contribution is -2.51. The van der Waals surface area contributed by atoms with Crippen molar-refractivity contribution in [3.05, 3.63) is 35.9 Å². The van der Waals surface area contributed by atoms with Crippen LogP contribution >= 0.6 is 0 Å². The van der Waals surface area contributed by atoms with Gasteiger partial charge in [0.2, 0.25) is 0 Å². The first-order valence-corrected chi connectivity index (χ1v) is 5.43. The fourth-order valence-electron chi connectivity index (χ4n) is 1.44. The standard InChI is InChI=1S/C12H16F3NO/c1-2-11(17,12(13,14)15)9-16-8-10-6-4-3-5-7-10/h3-7,16-17H,2,8-9H2,1H3/t11-/m0/s1. The fraction of sp³-hybridized carbons (Fsp3) is 0.500. The summed E-state index contributed by atoms with van der Waals surface area (Å²) in [5.74, 6) is 0. The molecule has 5 heteroatoms. The van der Waals surface area contributed by atoms with Gasteiger partial charge in [-0.2, -0.15) is 13.2 Å². The molecule has 17 heavy (non-hydrogen) atoms. The van der Waals surface area contributed by atoms with E-state index in [9.17, 15) is 18.3 Å². The average Bonchev–Trinajstić information content (AvgIpc) is 2.28. The second-order valence-corrected chi connectivity index (χ2v) is 3.97. The monoisotopic (exact) mass is 247 g/mol. The zero-order chi connectivity index (χ0) is 12.9. The highest BCUT2D eigenvalue weighted by molar-refractivity contribution is 5.14. The highest BCUT2D eigenvalue weighted by atomic mass is 19.4. The molecule has 1 aromatic rings. The van der Waals surface area contributed by atoms with Gasteiger partial charge in [0.25, 0.3) is 0 Å². The van der Waals surface area contributed by atoms with Crippen LogP contribution in [0.4, 0.5) is 13.2 Å². The van der Waals surface area contributed by atoms with Crippen LogP contribution in [-0.4, -0.2) is 23.4 Å². The van der Waals surface area contributed by atoms with Crippen molar-refractivity contribution in [2.75, 3.05) is 6.54 Å². The van der Waals surface area contributed by atoms with Crippen molar-refractivity contribution in [3.8, 4) is 0 Å². The highest BCUT2D eigenvalue weighted by Gasteiger charge is 2.51. The van der Waals surface area contributed by atoms with Crippen LogP contribution in [0.2, 0.25) is 0 Å². The molecule has 0 unspecified atom stereocenters. The maximum absolute atomic E-state index is 12.5. The molecule has 0 aliphatic rings. The van der Waals surface area contributed by atoms with Gasteiger partial charge >= 0.3 is 6.18 Å². The Balaban J connectivity index is 2.50. The van der Waals surface area contributed by atoms with Gasteiger partial charge in [-0.15, -0.1) is 0 Å². The Morgan fingerprint density at radius 1 is 1.18 bits per heavy atom. The molecule has 96 valence electrons. The van der Waals surface area contributed by atoms with E-state index in [1.165, 1.54) is 6.92 Å².